The maximum Gasteiger partial charge on any atom is 0.265 e. The van der Waals surface area contributed by atoms with E-state index in [9.17, 15) is 9.59 Å². The number of thiocarbonyl (C=S) groups is 1. The van der Waals surface area contributed by atoms with E-state index < -0.39 is 11.8 Å². The van der Waals surface area contributed by atoms with E-state index in [0.717, 1.165) is 5.56 Å². The summed E-state index contributed by atoms with van der Waals surface area (Å²) in [4.78, 5) is 27.8. The van der Waals surface area contributed by atoms with Crippen LogP contribution in [0.3, 0.4) is 0 Å². The van der Waals surface area contributed by atoms with Crippen LogP contribution in [0, 0.1) is 0 Å². The van der Waals surface area contributed by atoms with Gasteiger partial charge in [-0.1, -0.05) is 39.7 Å². The van der Waals surface area contributed by atoms with Crippen molar-refractivity contribution in [1.82, 2.24) is 9.80 Å². The quantitative estimate of drug-likeness (QED) is 0.313. The zero-order valence-corrected chi connectivity index (χ0v) is 20.3. The highest BCUT2D eigenvalue weighted by Gasteiger charge is 2.35. The van der Waals surface area contributed by atoms with Gasteiger partial charge in [-0.3, -0.25) is 19.4 Å². The summed E-state index contributed by atoms with van der Waals surface area (Å²) in [6.45, 7) is 2.61. The molecule has 2 amide bonds. The second kappa shape index (κ2) is 9.80. The summed E-state index contributed by atoms with van der Waals surface area (Å²) < 4.78 is 12.3. The van der Waals surface area contributed by atoms with Crippen LogP contribution in [-0.4, -0.2) is 47.4 Å². The van der Waals surface area contributed by atoms with E-state index in [-0.39, 0.29) is 10.7 Å². The summed E-state index contributed by atoms with van der Waals surface area (Å²) in [5.74, 6) is 0.115. The molecule has 1 fully saturated rings. The van der Waals surface area contributed by atoms with Crippen LogP contribution >= 0.6 is 39.7 Å². The maximum atomic E-state index is 12.6. The summed E-state index contributed by atoms with van der Waals surface area (Å²) in [5.41, 5.74) is 1.57. The van der Waals surface area contributed by atoms with Crippen molar-refractivity contribution < 1.29 is 19.1 Å². The largest absolute Gasteiger partial charge is 0.490 e. The number of carbonyl (C=O) groups excluding carboxylic acids is 2. The van der Waals surface area contributed by atoms with Crippen molar-refractivity contribution in [2.45, 2.75) is 13.5 Å². The van der Waals surface area contributed by atoms with Crippen molar-refractivity contribution in [3.05, 3.63) is 62.6 Å². The fourth-order valence-corrected chi connectivity index (χ4v) is 3.64. The molecule has 2 aromatic rings. The van der Waals surface area contributed by atoms with Crippen molar-refractivity contribution in [3.8, 4) is 11.5 Å². The lowest BCUT2D eigenvalue weighted by Gasteiger charge is -2.31. The first-order chi connectivity index (χ1) is 14.7. The second-order valence-electron chi connectivity index (χ2n) is 6.74. The first-order valence-corrected chi connectivity index (χ1v) is 11.0. The average molecular weight is 524 g/mol. The van der Waals surface area contributed by atoms with Gasteiger partial charge in [0.05, 0.1) is 6.61 Å². The molecule has 0 N–H and O–H groups in total. The van der Waals surface area contributed by atoms with E-state index in [4.69, 9.17) is 33.3 Å². The average Bonchev–Trinajstić information content (AvgIpc) is 2.76. The van der Waals surface area contributed by atoms with Gasteiger partial charge in [-0.25, -0.2) is 0 Å². The Bertz CT molecular complexity index is 1050. The Morgan fingerprint density at radius 2 is 1.61 bits per heavy atom. The molecule has 1 aliphatic heterocycles. The van der Waals surface area contributed by atoms with E-state index >= 15 is 0 Å². The van der Waals surface area contributed by atoms with E-state index in [1.54, 1.807) is 24.3 Å². The normalized spacial score (nSPS) is 14.2. The highest BCUT2D eigenvalue weighted by atomic mass is 79.9. The van der Waals surface area contributed by atoms with Gasteiger partial charge in [0.15, 0.2) is 16.6 Å². The molecule has 0 atom stereocenters. The third-order valence-corrected chi connectivity index (χ3v) is 6.10. The van der Waals surface area contributed by atoms with Crippen LogP contribution in [0.2, 0.25) is 5.02 Å². The highest BCUT2D eigenvalue weighted by molar-refractivity contribution is 9.10. The van der Waals surface area contributed by atoms with Gasteiger partial charge in [0.1, 0.15) is 12.2 Å². The number of nitrogens with zero attached hydrogens (tertiary/aromatic N) is 2. The minimum absolute atomic E-state index is 0.0107. The van der Waals surface area contributed by atoms with E-state index in [2.05, 4.69) is 15.9 Å². The number of halogens is 2. The molecule has 0 aromatic heterocycles. The number of hydrogen-bond acceptors (Lipinski definition) is 5. The van der Waals surface area contributed by atoms with Crippen molar-refractivity contribution in [2.75, 3.05) is 20.7 Å². The summed E-state index contributed by atoms with van der Waals surface area (Å²) >= 11 is 14.6. The molecule has 0 unspecified atom stereocenters. The third kappa shape index (κ3) is 5.08. The smallest absolute Gasteiger partial charge is 0.265 e. The highest BCUT2D eigenvalue weighted by Crippen LogP contribution is 2.36. The topological polar surface area (TPSA) is 59.1 Å². The summed E-state index contributed by atoms with van der Waals surface area (Å²) in [6, 6.07) is 10.8. The minimum Gasteiger partial charge on any atom is -0.490 e. The molecule has 3 rings (SSSR count). The summed E-state index contributed by atoms with van der Waals surface area (Å²) in [6.07, 6.45) is 1.52. The lowest BCUT2D eigenvalue weighted by atomic mass is 10.1. The van der Waals surface area contributed by atoms with E-state index in [1.165, 1.54) is 30.0 Å². The van der Waals surface area contributed by atoms with Crippen LogP contribution < -0.4 is 9.47 Å². The molecule has 0 radical (unpaired) electrons. The molecule has 0 bridgehead atoms. The summed E-state index contributed by atoms with van der Waals surface area (Å²) in [7, 11) is 3.08. The number of likely N-dealkylation sites (N-methyl/N-ethyl adjacent to an activating group) is 2. The van der Waals surface area contributed by atoms with Crippen molar-refractivity contribution in [1.29, 1.82) is 0 Å². The maximum absolute atomic E-state index is 12.6. The first kappa shape index (κ1) is 23.2. The predicted octanol–water partition coefficient (Wildman–Crippen LogP) is 4.68. The molecule has 1 saturated heterocycles. The minimum atomic E-state index is -0.457. The lowest BCUT2D eigenvalue weighted by molar-refractivity contribution is -0.132. The van der Waals surface area contributed by atoms with Crippen molar-refractivity contribution >= 4 is 62.8 Å². The third-order valence-electron chi connectivity index (χ3n) is 4.61. The Morgan fingerprint density at radius 3 is 2.19 bits per heavy atom. The fraction of sp³-hybridized carbons (Fsp3) is 0.227. The standard InChI is InChI=1S/C22H20BrClN2O4S/c1-4-29-18-10-14(9-16-20(27)25(2)22(31)26(3)21(16)28)17(23)11-19(18)30-12-13-5-7-15(24)8-6-13/h5-11H,4,12H2,1-3H3. The lowest BCUT2D eigenvalue weighted by Crippen LogP contribution is -2.52. The number of rotatable bonds is 6. The Morgan fingerprint density at radius 1 is 1.03 bits per heavy atom. The Balaban J connectivity index is 1.93. The van der Waals surface area contributed by atoms with Crippen LogP contribution in [0.1, 0.15) is 18.1 Å². The van der Waals surface area contributed by atoms with Gasteiger partial charge in [-0.2, -0.15) is 0 Å². The Labute approximate surface area is 199 Å². The van der Waals surface area contributed by atoms with E-state index in [1.807, 2.05) is 19.1 Å². The van der Waals surface area contributed by atoms with Crippen LogP contribution in [0.25, 0.3) is 6.08 Å². The zero-order valence-electron chi connectivity index (χ0n) is 17.1. The number of benzene rings is 2. The fourth-order valence-electron chi connectivity index (χ4n) is 2.91. The molecule has 1 heterocycles. The number of carbonyl (C=O) groups is 2. The van der Waals surface area contributed by atoms with Gasteiger partial charge < -0.3 is 9.47 Å². The molecule has 1 aliphatic rings. The van der Waals surface area contributed by atoms with Gasteiger partial charge in [-0.15, -0.1) is 0 Å². The SMILES string of the molecule is CCOc1cc(C=C2C(=O)N(C)C(=S)N(C)C2=O)c(Br)cc1OCc1ccc(Cl)cc1. The van der Waals surface area contributed by atoms with Crippen LogP contribution in [0.15, 0.2) is 46.4 Å². The van der Waals surface area contributed by atoms with Gasteiger partial charge in [-0.05, 0) is 60.6 Å². The van der Waals surface area contributed by atoms with Gasteiger partial charge in [0.25, 0.3) is 11.8 Å². The van der Waals surface area contributed by atoms with Crippen molar-refractivity contribution in [3.63, 3.8) is 0 Å². The molecule has 0 spiro atoms. The monoisotopic (exact) mass is 522 g/mol. The zero-order chi connectivity index (χ0) is 22.7. The molecular weight excluding hydrogens is 504 g/mol. The number of amides is 2. The molecule has 162 valence electrons. The second-order valence-corrected chi connectivity index (χ2v) is 8.39. The summed E-state index contributed by atoms with van der Waals surface area (Å²) in [5, 5.41) is 0.815. The Kier molecular flexibility index (Phi) is 7.35. The van der Waals surface area contributed by atoms with Gasteiger partial charge in [0, 0.05) is 23.6 Å². The first-order valence-electron chi connectivity index (χ1n) is 9.38. The number of ether oxygens (including phenoxy) is 2. The molecule has 0 aliphatic carbocycles. The van der Waals surface area contributed by atoms with Gasteiger partial charge in [0.2, 0.25) is 0 Å². The van der Waals surface area contributed by atoms with Crippen LogP contribution in [0.5, 0.6) is 11.5 Å². The number of hydrogen-bond donors (Lipinski definition) is 0. The van der Waals surface area contributed by atoms with Crippen LogP contribution in [-0.2, 0) is 16.2 Å². The Hall–Kier alpha value is -2.42. The predicted molar refractivity (Wildman–Crippen MR) is 127 cm³/mol. The molecule has 6 nitrogen and oxygen atoms in total. The van der Waals surface area contributed by atoms with Gasteiger partial charge >= 0.3 is 0 Å². The molecule has 9 heteroatoms. The molecule has 31 heavy (non-hydrogen) atoms. The van der Waals surface area contributed by atoms with Crippen LogP contribution in [0.4, 0.5) is 0 Å². The van der Waals surface area contributed by atoms with Crippen molar-refractivity contribution in [2.24, 2.45) is 0 Å². The van der Waals surface area contributed by atoms with E-state index in [0.29, 0.717) is 39.8 Å². The molecular formula is C22H20BrClN2O4S. The molecule has 0 saturated carbocycles. The molecule has 2 aromatic carbocycles.